The predicted octanol–water partition coefficient (Wildman–Crippen LogP) is 7.76. The Kier molecular flexibility index (Phi) is 7.14. The number of carbonyl (C=O) groups is 3. The molecule has 3 heterocycles. The minimum Gasteiger partial charge on any atom is -0.452 e. The summed E-state index contributed by atoms with van der Waals surface area (Å²) < 4.78 is 7.39. The van der Waals surface area contributed by atoms with Crippen LogP contribution in [0.4, 0.5) is 11.4 Å². The maximum absolute atomic E-state index is 15.2. The summed E-state index contributed by atoms with van der Waals surface area (Å²) in [6.45, 7) is 0. The minimum absolute atomic E-state index is 0.264. The van der Waals surface area contributed by atoms with Gasteiger partial charge in [0.15, 0.2) is 11.9 Å². The van der Waals surface area contributed by atoms with E-state index >= 15 is 4.79 Å². The fourth-order valence-electron chi connectivity index (χ4n) is 7.64. The molecule has 1 spiro atoms. The van der Waals surface area contributed by atoms with E-state index < -0.39 is 35.5 Å². The number of amides is 1. The van der Waals surface area contributed by atoms with Gasteiger partial charge < -0.3 is 15.0 Å². The highest BCUT2D eigenvalue weighted by Crippen LogP contribution is 2.58. The van der Waals surface area contributed by atoms with Crippen molar-refractivity contribution in [1.29, 1.82) is 0 Å². The van der Waals surface area contributed by atoms with Crippen LogP contribution in [0.2, 0.25) is 0 Å². The van der Waals surface area contributed by atoms with Crippen LogP contribution in [0.15, 0.2) is 144 Å². The lowest BCUT2D eigenvalue weighted by molar-refractivity contribution is -0.156. The molecule has 5 aromatic carbocycles. The maximum atomic E-state index is 15.2. The van der Waals surface area contributed by atoms with Gasteiger partial charge >= 0.3 is 5.97 Å². The van der Waals surface area contributed by atoms with Crippen LogP contribution in [0.25, 0.3) is 6.08 Å². The largest absolute Gasteiger partial charge is 0.452 e. The Hall–Kier alpha value is -5.27. The number of ether oxygens (including phenoxy) is 1. The third-order valence-electron chi connectivity index (χ3n) is 9.63. The van der Waals surface area contributed by atoms with Gasteiger partial charge in [-0.25, -0.2) is 0 Å². The molecule has 1 N–H and O–H groups in total. The van der Waals surface area contributed by atoms with Gasteiger partial charge in [0.25, 0.3) is 0 Å². The highest BCUT2D eigenvalue weighted by molar-refractivity contribution is 9.10. The van der Waals surface area contributed by atoms with Crippen LogP contribution in [0.3, 0.4) is 0 Å². The van der Waals surface area contributed by atoms with Crippen molar-refractivity contribution in [2.45, 2.75) is 23.6 Å². The van der Waals surface area contributed by atoms with Crippen LogP contribution in [0.1, 0.15) is 38.7 Å². The molecule has 6 nitrogen and oxygen atoms in total. The number of nitrogens with zero attached hydrogens (tertiary/aromatic N) is 1. The monoisotopic (exact) mass is 680 g/mol. The van der Waals surface area contributed by atoms with Crippen LogP contribution in [0, 0.1) is 5.92 Å². The van der Waals surface area contributed by atoms with Crippen molar-refractivity contribution in [2.75, 3.05) is 10.2 Å². The first-order valence-electron chi connectivity index (χ1n) is 15.5. The van der Waals surface area contributed by atoms with E-state index in [1.165, 1.54) is 0 Å². The average Bonchev–Trinajstić information content (AvgIpc) is 3.60. The summed E-state index contributed by atoms with van der Waals surface area (Å²) in [4.78, 5) is 46.7. The molecule has 1 amide bonds. The molecular weight excluding hydrogens is 652 g/mol. The number of ketones is 1. The minimum atomic E-state index is -1.45. The Bertz CT molecular complexity index is 2010. The van der Waals surface area contributed by atoms with Crippen LogP contribution >= 0.6 is 15.9 Å². The lowest BCUT2D eigenvalue weighted by Gasteiger charge is -2.37. The van der Waals surface area contributed by atoms with Gasteiger partial charge in [0.2, 0.25) is 5.91 Å². The van der Waals surface area contributed by atoms with Gasteiger partial charge in [-0.1, -0.05) is 137 Å². The quantitative estimate of drug-likeness (QED) is 0.147. The molecule has 3 aliphatic rings. The van der Waals surface area contributed by atoms with Gasteiger partial charge in [-0.2, -0.15) is 0 Å². The zero-order valence-electron chi connectivity index (χ0n) is 25.1. The van der Waals surface area contributed by atoms with Crippen LogP contribution in [-0.2, 0) is 19.7 Å². The van der Waals surface area contributed by atoms with E-state index in [1.54, 1.807) is 12.1 Å². The summed E-state index contributed by atoms with van der Waals surface area (Å²) in [7, 11) is 0. The standard InChI is InChI=1S/C40H29BrN2O4/c41-29-22-19-26(20-23-29)36(44)35-34(38(45)47-37(27-12-3-1-4-13-27)28-14-5-2-6-15-28)40(30-16-8-9-17-31(30)42-39(40)46)33-24-21-25-11-7-10-18-32(25)43(33)35/h1-24,33-35,37H,(H,42,46)/t33?,34-,35+,40+/m0/s1. The van der Waals surface area contributed by atoms with E-state index in [2.05, 4.69) is 21.2 Å². The van der Waals surface area contributed by atoms with Crippen molar-refractivity contribution in [3.05, 3.63) is 172 Å². The van der Waals surface area contributed by atoms with Crippen molar-refractivity contribution >= 4 is 51.0 Å². The van der Waals surface area contributed by atoms with E-state index in [9.17, 15) is 9.59 Å². The number of carbonyl (C=O) groups excluding carboxylic acids is 3. The Morgan fingerprint density at radius 3 is 2.09 bits per heavy atom. The summed E-state index contributed by atoms with van der Waals surface area (Å²) in [5.41, 5.74) is 3.54. The number of para-hydroxylation sites is 2. The average molecular weight is 682 g/mol. The number of hydrogen-bond donors (Lipinski definition) is 1. The van der Waals surface area contributed by atoms with Gasteiger partial charge in [0.05, 0.1) is 6.04 Å². The van der Waals surface area contributed by atoms with Gasteiger partial charge in [-0.3, -0.25) is 14.4 Å². The SMILES string of the molecule is O=C(OC(c1ccccc1)c1ccccc1)[C@@H]1[C@H](C(=O)c2ccc(Br)cc2)N2c3ccccc3C=CC2[C@@]12C(=O)Nc1ccccc12. The fraction of sp³-hybridized carbons (Fsp3) is 0.125. The summed E-state index contributed by atoms with van der Waals surface area (Å²) in [6, 6.07) is 39.8. The number of halogens is 1. The normalized spacial score (nSPS) is 22.0. The number of fused-ring (bicyclic) bond motifs is 6. The first kappa shape index (κ1) is 29.2. The van der Waals surface area contributed by atoms with E-state index in [-0.39, 0.29) is 11.7 Å². The number of nitrogens with one attached hydrogen (secondary N) is 1. The molecule has 47 heavy (non-hydrogen) atoms. The lowest BCUT2D eigenvalue weighted by atomic mass is 9.66. The molecule has 0 saturated carbocycles. The van der Waals surface area contributed by atoms with Crippen molar-refractivity contribution in [3.8, 4) is 0 Å². The van der Waals surface area contributed by atoms with Gasteiger partial charge in [0, 0.05) is 21.4 Å². The third-order valence-corrected chi connectivity index (χ3v) is 10.2. The zero-order chi connectivity index (χ0) is 32.1. The zero-order valence-corrected chi connectivity index (χ0v) is 26.7. The third kappa shape index (κ3) is 4.56. The first-order chi connectivity index (χ1) is 23.0. The molecule has 0 aromatic heterocycles. The number of Topliss-reactive ketones (excluding diaryl/α,β-unsaturated/α-hetero) is 1. The Labute approximate surface area is 280 Å². The highest BCUT2D eigenvalue weighted by Gasteiger charge is 2.71. The van der Waals surface area contributed by atoms with Gasteiger partial charge in [0.1, 0.15) is 17.4 Å². The predicted molar refractivity (Wildman–Crippen MR) is 185 cm³/mol. The lowest BCUT2D eigenvalue weighted by Crippen LogP contribution is -2.51. The molecule has 3 aliphatic heterocycles. The molecule has 8 rings (SSSR count). The Morgan fingerprint density at radius 2 is 1.38 bits per heavy atom. The number of esters is 1. The summed E-state index contributed by atoms with van der Waals surface area (Å²) in [5.74, 6) is -2.41. The number of benzene rings is 5. The molecule has 7 heteroatoms. The summed E-state index contributed by atoms with van der Waals surface area (Å²) in [5, 5.41) is 3.07. The molecule has 1 fully saturated rings. The molecule has 1 saturated heterocycles. The second-order valence-corrected chi connectivity index (χ2v) is 13.0. The van der Waals surface area contributed by atoms with Crippen molar-refractivity contribution < 1.29 is 19.1 Å². The smallest absolute Gasteiger partial charge is 0.314 e. The molecule has 5 aromatic rings. The van der Waals surface area contributed by atoms with Crippen molar-refractivity contribution in [2.24, 2.45) is 5.92 Å². The number of rotatable bonds is 6. The van der Waals surface area contributed by atoms with E-state index in [1.807, 2.05) is 138 Å². The molecule has 0 aliphatic carbocycles. The topological polar surface area (TPSA) is 75.7 Å². The van der Waals surface area contributed by atoms with Crippen LogP contribution in [0.5, 0.6) is 0 Å². The molecular formula is C40H29BrN2O4. The van der Waals surface area contributed by atoms with Gasteiger partial charge in [-0.15, -0.1) is 0 Å². The molecule has 1 unspecified atom stereocenters. The Balaban J connectivity index is 1.36. The summed E-state index contributed by atoms with van der Waals surface area (Å²) >= 11 is 3.48. The number of hydrogen-bond acceptors (Lipinski definition) is 5. The molecule has 230 valence electrons. The second kappa shape index (κ2) is 11.5. The van der Waals surface area contributed by atoms with Crippen LogP contribution < -0.4 is 10.2 Å². The van der Waals surface area contributed by atoms with E-state index in [0.717, 1.165) is 26.9 Å². The molecule has 4 atom stereocenters. The first-order valence-corrected chi connectivity index (χ1v) is 16.3. The van der Waals surface area contributed by atoms with E-state index in [0.29, 0.717) is 16.8 Å². The van der Waals surface area contributed by atoms with Crippen LogP contribution in [-0.4, -0.2) is 29.7 Å². The van der Waals surface area contributed by atoms with Gasteiger partial charge in [-0.05, 0) is 46.5 Å². The maximum Gasteiger partial charge on any atom is 0.314 e. The highest BCUT2D eigenvalue weighted by atomic mass is 79.9. The Morgan fingerprint density at radius 1 is 0.766 bits per heavy atom. The molecule has 0 bridgehead atoms. The van der Waals surface area contributed by atoms with Crippen molar-refractivity contribution in [3.63, 3.8) is 0 Å². The number of anilines is 2. The second-order valence-electron chi connectivity index (χ2n) is 12.1. The van der Waals surface area contributed by atoms with Crippen molar-refractivity contribution in [1.82, 2.24) is 0 Å². The fourth-order valence-corrected chi connectivity index (χ4v) is 7.91. The summed E-state index contributed by atoms with van der Waals surface area (Å²) in [6.07, 6.45) is 3.19. The van der Waals surface area contributed by atoms with E-state index in [4.69, 9.17) is 4.74 Å². The molecule has 0 radical (unpaired) electrons.